The topological polar surface area (TPSA) is 0 Å². The molecule has 3 rings (SSSR count). The fourth-order valence-corrected chi connectivity index (χ4v) is 8.63. The van der Waals surface area contributed by atoms with E-state index in [4.69, 9.17) is 0 Å². The van der Waals surface area contributed by atoms with Crippen molar-refractivity contribution in [3.05, 3.63) is 36.8 Å². The van der Waals surface area contributed by atoms with Crippen LogP contribution in [0.2, 0.25) is 0 Å². The third-order valence-electron chi connectivity index (χ3n) is 5.68. The minimum absolute atomic E-state index is 0.0147. The second kappa shape index (κ2) is 7.96. The average Bonchev–Trinajstić information content (AvgIpc) is 2.57. The van der Waals surface area contributed by atoms with Gasteiger partial charge in [0, 0.05) is 0 Å². The molecule has 0 N–H and O–H groups in total. The summed E-state index contributed by atoms with van der Waals surface area (Å²) in [4.78, 5) is 0. The Morgan fingerprint density at radius 2 is 1.36 bits per heavy atom. The van der Waals surface area contributed by atoms with E-state index in [-0.39, 0.29) is 7.92 Å². The van der Waals surface area contributed by atoms with Crippen LogP contribution in [0.3, 0.4) is 0 Å². The molecule has 0 heterocycles. The maximum atomic E-state index is 4.35. The minimum atomic E-state index is 0.0147. The molecule has 0 nitrogen and oxygen atoms in total. The van der Waals surface area contributed by atoms with E-state index in [0.717, 1.165) is 11.3 Å². The number of hydrogen-bond acceptors (Lipinski definition) is 0. The van der Waals surface area contributed by atoms with Gasteiger partial charge in [0.15, 0.2) is 0 Å². The molecule has 2 aliphatic carbocycles. The minimum Gasteiger partial charge on any atom is -0.0686 e. The van der Waals surface area contributed by atoms with E-state index < -0.39 is 0 Å². The highest BCUT2D eigenvalue weighted by molar-refractivity contribution is 7.67. The molecular formula is C21H32P. The van der Waals surface area contributed by atoms with E-state index in [1.807, 2.05) is 0 Å². The van der Waals surface area contributed by atoms with E-state index in [0.29, 0.717) is 5.92 Å². The Kier molecular flexibility index (Phi) is 5.97. The fraction of sp³-hybridized carbons (Fsp3) is 0.667. The van der Waals surface area contributed by atoms with Gasteiger partial charge in [-0.3, -0.25) is 0 Å². The van der Waals surface area contributed by atoms with Crippen molar-refractivity contribution in [3.63, 3.8) is 0 Å². The van der Waals surface area contributed by atoms with Crippen LogP contribution in [-0.4, -0.2) is 11.3 Å². The predicted molar refractivity (Wildman–Crippen MR) is 101 cm³/mol. The van der Waals surface area contributed by atoms with Crippen LogP contribution in [0, 0.1) is 6.92 Å². The lowest BCUT2D eigenvalue weighted by molar-refractivity contribution is 0.487. The molecule has 0 saturated heterocycles. The summed E-state index contributed by atoms with van der Waals surface area (Å²) in [5.41, 5.74) is 3.53. The summed E-state index contributed by atoms with van der Waals surface area (Å²) in [7, 11) is 0.0147. The van der Waals surface area contributed by atoms with E-state index in [1.165, 1.54) is 64.2 Å². The van der Waals surface area contributed by atoms with Crippen LogP contribution in [0.25, 0.3) is 0 Å². The predicted octanol–water partition coefficient (Wildman–Crippen LogP) is 6.40. The number of rotatable bonds is 4. The summed E-state index contributed by atoms with van der Waals surface area (Å²) in [5.74, 6) is 0.424. The summed E-state index contributed by atoms with van der Waals surface area (Å²) in [5, 5.41) is 1.72. The summed E-state index contributed by atoms with van der Waals surface area (Å²) < 4.78 is 0. The Morgan fingerprint density at radius 1 is 0.864 bits per heavy atom. The Labute approximate surface area is 138 Å². The van der Waals surface area contributed by atoms with Gasteiger partial charge in [-0.2, -0.15) is 0 Å². The van der Waals surface area contributed by atoms with Crippen LogP contribution in [0.1, 0.15) is 82.6 Å². The SMILES string of the molecule is [CH2]C(C)c1ccccc1P(C1CCCCC1)C1CCCCC1. The first-order valence-electron chi connectivity index (χ1n) is 9.47. The van der Waals surface area contributed by atoms with Crippen LogP contribution < -0.4 is 5.30 Å². The van der Waals surface area contributed by atoms with Crippen molar-refractivity contribution in [1.29, 1.82) is 0 Å². The molecule has 1 radical (unpaired) electrons. The monoisotopic (exact) mass is 315 g/mol. The van der Waals surface area contributed by atoms with E-state index in [9.17, 15) is 0 Å². The Bertz CT molecular complexity index is 435. The first-order valence-corrected chi connectivity index (χ1v) is 11.0. The van der Waals surface area contributed by atoms with Crippen molar-refractivity contribution in [1.82, 2.24) is 0 Å². The molecule has 0 aromatic heterocycles. The van der Waals surface area contributed by atoms with Gasteiger partial charge in [-0.1, -0.05) is 77.6 Å². The summed E-state index contributed by atoms with van der Waals surface area (Å²) in [6, 6.07) is 9.32. The second-order valence-electron chi connectivity index (χ2n) is 7.45. The molecule has 1 unspecified atom stereocenters. The van der Waals surface area contributed by atoms with Gasteiger partial charge in [-0.15, -0.1) is 0 Å². The molecule has 1 heteroatoms. The highest BCUT2D eigenvalue weighted by atomic mass is 31.1. The van der Waals surface area contributed by atoms with Crippen molar-refractivity contribution in [3.8, 4) is 0 Å². The molecule has 0 spiro atoms. The summed E-state index contributed by atoms with van der Waals surface area (Å²) >= 11 is 0. The Hall–Kier alpha value is -0.350. The van der Waals surface area contributed by atoms with Gasteiger partial charge in [-0.05, 0) is 60.7 Å². The molecule has 121 valence electrons. The zero-order chi connectivity index (χ0) is 15.4. The van der Waals surface area contributed by atoms with Crippen LogP contribution in [0.15, 0.2) is 24.3 Å². The highest BCUT2D eigenvalue weighted by Crippen LogP contribution is 2.55. The van der Waals surface area contributed by atoms with Crippen LogP contribution in [0.4, 0.5) is 0 Å². The third-order valence-corrected chi connectivity index (χ3v) is 9.25. The van der Waals surface area contributed by atoms with Crippen LogP contribution >= 0.6 is 7.92 Å². The van der Waals surface area contributed by atoms with Crippen molar-refractivity contribution in [2.24, 2.45) is 0 Å². The van der Waals surface area contributed by atoms with Gasteiger partial charge in [0.2, 0.25) is 0 Å². The molecule has 1 aromatic rings. The molecule has 2 fully saturated rings. The maximum absolute atomic E-state index is 4.35. The first-order chi connectivity index (χ1) is 10.8. The average molecular weight is 315 g/mol. The normalized spacial score (nSPS) is 21.6. The molecule has 0 bridgehead atoms. The molecule has 1 atom stereocenters. The molecule has 1 aromatic carbocycles. The van der Waals surface area contributed by atoms with E-state index >= 15 is 0 Å². The smallest absolute Gasteiger partial charge is 0.0166 e. The van der Waals surface area contributed by atoms with Gasteiger partial charge in [0.25, 0.3) is 0 Å². The van der Waals surface area contributed by atoms with Crippen LogP contribution in [0.5, 0.6) is 0 Å². The largest absolute Gasteiger partial charge is 0.0686 e. The van der Waals surface area contributed by atoms with Crippen molar-refractivity contribution in [2.45, 2.75) is 88.4 Å². The van der Waals surface area contributed by atoms with Gasteiger partial charge in [0.1, 0.15) is 0 Å². The molecule has 0 amide bonds. The highest BCUT2D eigenvalue weighted by Gasteiger charge is 2.33. The van der Waals surface area contributed by atoms with E-state index in [1.54, 1.807) is 10.9 Å². The number of benzene rings is 1. The Balaban J connectivity index is 1.93. The van der Waals surface area contributed by atoms with Gasteiger partial charge in [0.05, 0.1) is 0 Å². The second-order valence-corrected chi connectivity index (χ2v) is 10.2. The molecule has 2 saturated carbocycles. The van der Waals surface area contributed by atoms with E-state index in [2.05, 4.69) is 38.1 Å². The zero-order valence-corrected chi connectivity index (χ0v) is 15.2. The van der Waals surface area contributed by atoms with Crippen molar-refractivity contribution < 1.29 is 0 Å². The number of hydrogen-bond donors (Lipinski definition) is 0. The zero-order valence-electron chi connectivity index (χ0n) is 14.3. The fourth-order valence-electron chi connectivity index (χ4n) is 4.55. The van der Waals surface area contributed by atoms with Crippen LogP contribution in [-0.2, 0) is 0 Å². The first kappa shape index (κ1) is 16.5. The van der Waals surface area contributed by atoms with Crippen molar-refractivity contribution >= 4 is 13.2 Å². The standard InChI is InChI=1S/C21H32P/c1-17(2)20-15-9-10-16-21(20)22(18-11-5-3-6-12-18)19-13-7-4-8-14-19/h9-10,15-19H,1,3-8,11-14H2,2H3. The van der Waals surface area contributed by atoms with Gasteiger partial charge in [-0.25, -0.2) is 0 Å². The third kappa shape index (κ3) is 3.76. The Morgan fingerprint density at radius 3 is 1.86 bits per heavy atom. The summed E-state index contributed by atoms with van der Waals surface area (Å²) in [6.07, 6.45) is 14.8. The van der Waals surface area contributed by atoms with Gasteiger partial charge < -0.3 is 0 Å². The van der Waals surface area contributed by atoms with Gasteiger partial charge >= 0.3 is 0 Å². The van der Waals surface area contributed by atoms with Crippen molar-refractivity contribution in [2.75, 3.05) is 0 Å². The maximum Gasteiger partial charge on any atom is -0.0166 e. The lowest BCUT2D eigenvalue weighted by Crippen LogP contribution is -2.28. The summed E-state index contributed by atoms with van der Waals surface area (Å²) in [6.45, 7) is 6.62. The molecular weight excluding hydrogens is 283 g/mol. The molecule has 22 heavy (non-hydrogen) atoms. The molecule has 2 aliphatic rings. The quantitative estimate of drug-likeness (QED) is 0.564. The molecule has 0 aliphatic heterocycles. The lowest BCUT2D eigenvalue weighted by atomic mass is 9.99. The lowest BCUT2D eigenvalue weighted by Gasteiger charge is -2.40.